The summed E-state index contributed by atoms with van der Waals surface area (Å²) in [5, 5.41) is 6.33. The molecular formula is C24H30N4O2S. The number of thiophene rings is 1. The van der Waals surface area contributed by atoms with Crippen LogP contribution in [0.1, 0.15) is 38.3 Å². The Bertz CT molecular complexity index is 1170. The number of fused-ring (bicyclic) bond motifs is 1. The van der Waals surface area contributed by atoms with Crippen molar-refractivity contribution in [1.29, 1.82) is 0 Å². The summed E-state index contributed by atoms with van der Waals surface area (Å²) in [6.07, 6.45) is 3.17. The summed E-state index contributed by atoms with van der Waals surface area (Å²) < 4.78 is 5.88. The van der Waals surface area contributed by atoms with Crippen LogP contribution in [-0.4, -0.2) is 30.3 Å². The number of aromatic amines is 1. The van der Waals surface area contributed by atoms with Crippen molar-refractivity contribution in [2.24, 2.45) is 0 Å². The fourth-order valence-corrected chi connectivity index (χ4v) is 5.00. The minimum absolute atomic E-state index is 0.177. The molecule has 1 aliphatic rings. The summed E-state index contributed by atoms with van der Waals surface area (Å²) in [6, 6.07) is 8.36. The van der Waals surface area contributed by atoms with E-state index >= 15 is 0 Å². The van der Waals surface area contributed by atoms with Gasteiger partial charge in [0.1, 0.15) is 4.83 Å². The maximum atomic E-state index is 12.9. The van der Waals surface area contributed by atoms with Gasteiger partial charge in [-0.1, -0.05) is 19.1 Å². The molecule has 3 heterocycles. The van der Waals surface area contributed by atoms with E-state index in [-0.39, 0.29) is 17.8 Å². The van der Waals surface area contributed by atoms with Crippen LogP contribution < -0.4 is 21.5 Å². The predicted molar refractivity (Wildman–Crippen MR) is 132 cm³/mol. The lowest BCUT2D eigenvalue weighted by molar-refractivity contribution is -0.00521. The number of pyridine rings is 1. The Kier molecular flexibility index (Phi) is 6.07. The number of nitrogens with zero attached hydrogens (tertiary/aromatic N) is 1. The zero-order chi connectivity index (χ0) is 22.1. The number of benzene rings is 1. The van der Waals surface area contributed by atoms with Gasteiger partial charge in [-0.05, 0) is 56.3 Å². The van der Waals surface area contributed by atoms with Crippen LogP contribution >= 0.6 is 11.3 Å². The number of anilines is 3. The second kappa shape index (κ2) is 8.77. The monoisotopic (exact) mass is 438 g/mol. The van der Waals surface area contributed by atoms with Gasteiger partial charge in [0.15, 0.2) is 0 Å². The Hall–Kier alpha value is -2.77. The van der Waals surface area contributed by atoms with Gasteiger partial charge < -0.3 is 25.7 Å². The molecule has 0 amide bonds. The molecule has 0 spiro atoms. The van der Waals surface area contributed by atoms with Gasteiger partial charge in [-0.25, -0.2) is 0 Å². The quantitative estimate of drug-likeness (QED) is 0.525. The third-order valence-electron chi connectivity index (χ3n) is 5.63. The smallest absolute Gasteiger partial charge is 0.260 e. The molecule has 7 heteroatoms. The van der Waals surface area contributed by atoms with Gasteiger partial charge in [0.2, 0.25) is 0 Å². The van der Waals surface area contributed by atoms with Gasteiger partial charge in [-0.2, -0.15) is 0 Å². The second-order valence-corrected chi connectivity index (χ2v) is 9.13. The molecule has 1 aromatic carbocycles. The van der Waals surface area contributed by atoms with E-state index in [1.165, 1.54) is 11.3 Å². The number of nitrogens with one attached hydrogen (secondary N) is 2. The number of rotatable bonds is 5. The van der Waals surface area contributed by atoms with Crippen molar-refractivity contribution < 1.29 is 4.74 Å². The Balaban J connectivity index is 1.71. The molecule has 31 heavy (non-hydrogen) atoms. The zero-order valence-corrected chi connectivity index (χ0v) is 19.3. The molecule has 0 bridgehead atoms. The standard InChI is InChI=1S/C24H30N4O2S/c1-5-6-19(21-22(25)18-9-10-31-24(18)27-23(21)29)26-20-11-17(8-7-14(20)2)28-12-15(3)30-16(4)13-28/h6-11,15-16,26H,5,12-13H2,1-4H3,(H3,25,27,29)/b19-6+. The number of nitrogen functional groups attached to an aromatic ring is 1. The maximum Gasteiger partial charge on any atom is 0.260 e. The first-order chi connectivity index (χ1) is 14.9. The lowest BCUT2D eigenvalue weighted by Crippen LogP contribution is -2.45. The molecule has 164 valence electrons. The normalized spacial score (nSPS) is 19.7. The van der Waals surface area contributed by atoms with Gasteiger partial charge in [-0.3, -0.25) is 4.79 Å². The maximum absolute atomic E-state index is 12.9. The van der Waals surface area contributed by atoms with E-state index in [0.717, 1.165) is 52.4 Å². The first-order valence-electron chi connectivity index (χ1n) is 10.7. The third-order valence-corrected chi connectivity index (χ3v) is 6.46. The fraction of sp³-hybridized carbons (Fsp3) is 0.375. The molecule has 4 N–H and O–H groups in total. The van der Waals surface area contributed by atoms with E-state index in [1.54, 1.807) is 0 Å². The van der Waals surface area contributed by atoms with Crippen molar-refractivity contribution in [2.75, 3.05) is 29.0 Å². The van der Waals surface area contributed by atoms with Crippen LogP contribution in [-0.2, 0) is 4.74 Å². The number of nitrogens with two attached hydrogens (primary N) is 1. The highest BCUT2D eigenvalue weighted by Crippen LogP contribution is 2.32. The highest BCUT2D eigenvalue weighted by molar-refractivity contribution is 7.16. The van der Waals surface area contributed by atoms with Crippen LogP contribution in [0, 0.1) is 6.92 Å². The molecule has 2 unspecified atom stereocenters. The van der Waals surface area contributed by atoms with Crippen LogP contribution in [0.5, 0.6) is 0 Å². The molecule has 1 fully saturated rings. The lowest BCUT2D eigenvalue weighted by atomic mass is 10.1. The SMILES string of the molecule is CC/C=C(/Nc1cc(N2CC(C)OC(C)C2)ccc1C)c1c(N)c2ccsc2[nH]c1=O. The van der Waals surface area contributed by atoms with E-state index < -0.39 is 0 Å². The van der Waals surface area contributed by atoms with Crippen LogP contribution in [0.15, 0.2) is 40.5 Å². The topological polar surface area (TPSA) is 83.4 Å². The van der Waals surface area contributed by atoms with Crippen molar-refractivity contribution in [3.05, 3.63) is 57.2 Å². The van der Waals surface area contributed by atoms with Gasteiger partial charge in [0.05, 0.1) is 23.5 Å². The third kappa shape index (κ3) is 4.34. The average molecular weight is 439 g/mol. The number of hydrogen-bond acceptors (Lipinski definition) is 6. The molecular weight excluding hydrogens is 408 g/mol. The molecule has 2 atom stereocenters. The Morgan fingerprint density at radius 3 is 2.77 bits per heavy atom. The molecule has 0 aliphatic carbocycles. The predicted octanol–water partition coefficient (Wildman–Crippen LogP) is 4.96. The summed E-state index contributed by atoms with van der Waals surface area (Å²) >= 11 is 1.48. The number of allylic oxidation sites excluding steroid dienone is 1. The number of H-pyrrole nitrogens is 1. The Morgan fingerprint density at radius 1 is 1.32 bits per heavy atom. The summed E-state index contributed by atoms with van der Waals surface area (Å²) in [4.78, 5) is 19.0. The lowest BCUT2D eigenvalue weighted by Gasteiger charge is -2.37. The van der Waals surface area contributed by atoms with Crippen molar-refractivity contribution in [1.82, 2.24) is 4.98 Å². The molecule has 4 rings (SSSR count). The largest absolute Gasteiger partial charge is 0.397 e. The number of morpholine rings is 1. The number of aromatic nitrogens is 1. The van der Waals surface area contributed by atoms with Gasteiger partial charge in [0.25, 0.3) is 5.56 Å². The van der Waals surface area contributed by atoms with E-state index in [2.05, 4.69) is 61.1 Å². The highest BCUT2D eigenvalue weighted by Gasteiger charge is 2.23. The van der Waals surface area contributed by atoms with Crippen LogP contribution in [0.4, 0.5) is 17.1 Å². The summed E-state index contributed by atoms with van der Waals surface area (Å²) in [6.45, 7) is 10.0. The summed E-state index contributed by atoms with van der Waals surface area (Å²) in [5.41, 5.74) is 11.2. The fourth-order valence-electron chi connectivity index (χ4n) is 4.20. The second-order valence-electron chi connectivity index (χ2n) is 8.22. The summed E-state index contributed by atoms with van der Waals surface area (Å²) in [5.74, 6) is 0. The Labute approximate surface area is 186 Å². The minimum Gasteiger partial charge on any atom is -0.397 e. The summed E-state index contributed by atoms with van der Waals surface area (Å²) in [7, 11) is 0. The average Bonchev–Trinajstić information content (AvgIpc) is 3.17. The molecule has 2 aromatic heterocycles. The van der Waals surface area contributed by atoms with Crippen LogP contribution in [0.25, 0.3) is 15.9 Å². The highest BCUT2D eigenvalue weighted by atomic mass is 32.1. The van der Waals surface area contributed by atoms with Crippen molar-refractivity contribution in [2.45, 2.75) is 46.3 Å². The van der Waals surface area contributed by atoms with E-state index in [9.17, 15) is 4.79 Å². The van der Waals surface area contributed by atoms with Gasteiger partial charge >= 0.3 is 0 Å². The van der Waals surface area contributed by atoms with Gasteiger partial charge in [-0.15, -0.1) is 11.3 Å². The number of ether oxygens (including phenoxy) is 1. The van der Waals surface area contributed by atoms with Crippen molar-refractivity contribution >= 4 is 44.3 Å². The molecule has 6 nitrogen and oxygen atoms in total. The van der Waals surface area contributed by atoms with Crippen LogP contribution in [0.3, 0.4) is 0 Å². The molecule has 1 aliphatic heterocycles. The minimum atomic E-state index is -0.177. The Morgan fingerprint density at radius 2 is 2.06 bits per heavy atom. The molecule has 1 saturated heterocycles. The van der Waals surface area contributed by atoms with E-state index in [0.29, 0.717) is 11.3 Å². The number of hydrogen-bond donors (Lipinski definition) is 3. The van der Waals surface area contributed by atoms with Crippen molar-refractivity contribution in [3.63, 3.8) is 0 Å². The zero-order valence-electron chi connectivity index (χ0n) is 18.5. The first-order valence-corrected chi connectivity index (χ1v) is 11.6. The van der Waals surface area contributed by atoms with Gasteiger partial charge in [0, 0.05) is 35.5 Å². The number of aryl methyl sites for hydroxylation is 1. The molecule has 0 radical (unpaired) electrons. The molecule has 3 aromatic rings. The van der Waals surface area contributed by atoms with E-state index in [4.69, 9.17) is 10.5 Å². The van der Waals surface area contributed by atoms with Crippen molar-refractivity contribution in [3.8, 4) is 0 Å². The first kappa shape index (κ1) is 21.5. The van der Waals surface area contributed by atoms with Crippen LogP contribution in [0.2, 0.25) is 0 Å². The molecule has 0 saturated carbocycles. The van der Waals surface area contributed by atoms with E-state index in [1.807, 2.05) is 17.5 Å².